The van der Waals surface area contributed by atoms with Crippen LogP contribution < -0.4 is 18.7 Å². The second-order valence-corrected chi connectivity index (χ2v) is 14.5. The first-order chi connectivity index (χ1) is 20.5. The van der Waals surface area contributed by atoms with Gasteiger partial charge in [-0.05, 0) is 49.2 Å². The van der Waals surface area contributed by atoms with Gasteiger partial charge in [0.1, 0.15) is 10.6 Å². The third-order valence-electron chi connectivity index (χ3n) is 7.62. The van der Waals surface area contributed by atoms with Gasteiger partial charge in [-0.1, -0.05) is 50.1 Å². The van der Waals surface area contributed by atoms with Crippen molar-refractivity contribution in [3.63, 3.8) is 0 Å². The minimum Gasteiger partial charge on any atom is -0.497 e. The summed E-state index contributed by atoms with van der Waals surface area (Å²) in [6, 6.07) is 18.8. The molecule has 1 heterocycles. The highest BCUT2D eigenvalue weighted by Crippen LogP contribution is 2.63. The summed E-state index contributed by atoms with van der Waals surface area (Å²) in [5, 5.41) is 0. The van der Waals surface area contributed by atoms with Crippen LogP contribution in [0.5, 0.6) is 11.5 Å². The van der Waals surface area contributed by atoms with Crippen LogP contribution in [0.25, 0.3) is 0 Å². The first-order valence-electron chi connectivity index (χ1n) is 13.9. The van der Waals surface area contributed by atoms with E-state index in [0.717, 1.165) is 24.5 Å². The van der Waals surface area contributed by atoms with E-state index < -0.39 is 37.7 Å². The van der Waals surface area contributed by atoms with Crippen LogP contribution in [0.4, 0.5) is 30.2 Å². The smallest absolute Gasteiger partial charge is 0.497 e. The number of alkyl halides is 3. The Labute approximate surface area is 258 Å². The van der Waals surface area contributed by atoms with Gasteiger partial charge in [0.2, 0.25) is 0 Å². The monoisotopic (exact) mass is 657 g/mol. The molecule has 3 aromatic rings. The van der Waals surface area contributed by atoms with Crippen molar-refractivity contribution in [1.82, 2.24) is 4.31 Å². The van der Waals surface area contributed by atoms with E-state index >= 15 is 0 Å². The summed E-state index contributed by atoms with van der Waals surface area (Å²) in [6.45, 7) is 4.31. The molecule has 1 aliphatic heterocycles. The summed E-state index contributed by atoms with van der Waals surface area (Å²) >= 11 is 0. The number of para-hydroxylation sites is 1. The van der Waals surface area contributed by atoms with Crippen LogP contribution in [0.3, 0.4) is 0 Å². The van der Waals surface area contributed by atoms with Gasteiger partial charge >= 0.3 is 15.6 Å². The molecule has 242 valence electrons. The Hall–Kier alpha value is -3.17. The average molecular weight is 658 g/mol. The largest absolute Gasteiger partial charge is 0.534 e. The predicted octanol–water partition coefficient (Wildman–Crippen LogP) is 7.62. The molecule has 9 nitrogen and oxygen atoms in total. The third kappa shape index (κ3) is 6.74. The van der Waals surface area contributed by atoms with Gasteiger partial charge in [0.25, 0.3) is 0 Å². The molecule has 0 saturated heterocycles. The van der Waals surface area contributed by atoms with Crippen molar-refractivity contribution in [3.05, 3.63) is 72.3 Å². The summed E-state index contributed by atoms with van der Waals surface area (Å²) < 4.78 is 100. The molecule has 4 rings (SSSR count). The number of nitrogens with zero attached hydrogens (tertiary/aromatic N) is 3. The first kappa shape index (κ1) is 33.7. The zero-order chi connectivity index (χ0) is 32.5. The molecule has 44 heavy (non-hydrogen) atoms. The van der Waals surface area contributed by atoms with Gasteiger partial charge in [-0.25, -0.2) is 0 Å². The lowest BCUT2D eigenvalue weighted by atomic mass is 9.92. The minimum atomic E-state index is -6.07. The summed E-state index contributed by atoms with van der Waals surface area (Å²) in [7, 11) is -5.46. The number of benzene rings is 3. The summed E-state index contributed by atoms with van der Waals surface area (Å²) in [4.78, 5) is 3.14. The molecule has 0 radical (unpaired) electrons. The van der Waals surface area contributed by atoms with Crippen molar-refractivity contribution in [1.29, 1.82) is 0 Å². The van der Waals surface area contributed by atoms with Crippen molar-refractivity contribution in [2.45, 2.75) is 55.6 Å². The molecule has 0 aromatic heterocycles. The fourth-order valence-electron chi connectivity index (χ4n) is 5.26. The van der Waals surface area contributed by atoms with E-state index in [1.165, 1.54) is 32.2 Å². The van der Waals surface area contributed by atoms with Crippen molar-refractivity contribution >= 4 is 38.0 Å². The number of hydrogen-bond acceptors (Lipinski definition) is 9. The number of hydrogen-bond donors (Lipinski definition) is 2. The summed E-state index contributed by atoms with van der Waals surface area (Å²) in [5.74, 6) is -0.0601. The fourth-order valence-corrected chi connectivity index (χ4v) is 7.77. The summed E-state index contributed by atoms with van der Waals surface area (Å²) in [5.41, 5.74) is -4.81. The van der Waals surface area contributed by atoms with E-state index in [-0.39, 0.29) is 23.7 Å². The summed E-state index contributed by atoms with van der Waals surface area (Å²) in [6.07, 6.45) is 2.14. The van der Waals surface area contributed by atoms with Crippen LogP contribution in [0.15, 0.2) is 71.6 Å². The highest BCUT2D eigenvalue weighted by Gasteiger charge is 2.50. The highest BCUT2D eigenvalue weighted by atomic mass is 32.3. The number of ether oxygens (including phenoxy) is 1. The average Bonchev–Trinajstić information content (AvgIpc) is 3.03. The first-order valence-corrected chi connectivity index (χ1v) is 16.8. The van der Waals surface area contributed by atoms with Crippen molar-refractivity contribution in [3.8, 4) is 11.5 Å². The van der Waals surface area contributed by atoms with Crippen molar-refractivity contribution < 1.29 is 39.6 Å². The molecule has 0 saturated carbocycles. The molecule has 1 unspecified atom stereocenters. The van der Waals surface area contributed by atoms with E-state index in [9.17, 15) is 30.7 Å². The molecule has 0 spiro atoms. The topological polar surface area (TPSA) is 103 Å². The van der Waals surface area contributed by atoms with Gasteiger partial charge in [0.05, 0.1) is 24.0 Å². The Morgan fingerprint density at radius 2 is 1.68 bits per heavy atom. The maximum atomic E-state index is 13.4. The zero-order valence-corrected chi connectivity index (χ0v) is 26.8. The lowest BCUT2D eigenvalue weighted by molar-refractivity contribution is -0.0499. The second-order valence-electron chi connectivity index (χ2n) is 11.1. The molecule has 0 bridgehead atoms. The predicted molar refractivity (Wildman–Crippen MR) is 167 cm³/mol. The van der Waals surface area contributed by atoms with E-state index in [2.05, 4.69) is 4.18 Å². The molecular weight excluding hydrogens is 619 g/mol. The number of fused-ring (bicyclic) bond motifs is 1. The number of halogens is 3. The highest BCUT2D eigenvalue weighted by molar-refractivity contribution is 8.22. The van der Waals surface area contributed by atoms with Crippen molar-refractivity contribution in [2.24, 2.45) is 0 Å². The second kappa shape index (κ2) is 12.7. The van der Waals surface area contributed by atoms with E-state index in [0.29, 0.717) is 23.5 Å². The van der Waals surface area contributed by atoms with Gasteiger partial charge in [-0.3, -0.25) is 9.11 Å². The molecule has 0 amide bonds. The standard InChI is InChI=1S/C30H38F3N3O6S2/c1-6-7-17-29(2)21-35(23-11-9-8-10-12-23)26-18-25(34(3)4)27(42-44(39,40)30(31,32)33)19-28(26)43(37,38)36(29)20-22-13-15-24(41-5)16-14-22/h8-16,18-19,37-38H,6-7,17,20-21H2,1-5H3. The third-order valence-corrected chi connectivity index (χ3v) is 10.7. The molecule has 2 N–H and O–H groups in total. The van der Waals surface area contributed by atoms with Gasteiger partial charge in [-0.15, -0.1) is 10.8 Å². The zero-order valence-electron chi connectivity index (χ0n) is 25.2. The minimum absolute atomic E-state index is 0.00608. The van der Waals surface area contributed by atoms with Gasteiger partial charge in [0.15, 0.2) is 5.75 Å². The Morgan fingerprint density at radius 1 is 1.05 bits per heavy atom. The maximum absolute atomic E-state index is 13.4. The van der Waals surface area contributed by atoms with E-state index in [4.69, 9.17) is 4.74 Å². The van der Waals surface area contributed by atoms with Crippen molar-refractivity contribution in [2.75, 3.05) is 37.5 Å². The molecule has 0 fully saturated rings. The maximum Gasteiger partial charge on any atom is 0.534 e. The van der Waals surface area contributed by atoms with E-state index in [1.54, 1.807) is 28.6 Å². The van der Waals surface area contributed by atoms with Crippen LogP contribution in [0.1, 0.15) is 38.7 Å². The lowest BCUT2D eigenvalue weighted by Gasteiger charge is -2.51. The number of rotatable bonds is 10. The normalized spacial score (nSPS) is 19.5. The molecule has 0 aliphatic carbocycles. The Bertz CT molecular complexity index is 1550. The Balaban J connectivity index is 2.01. The SMILES string of the molecule is CCCCC1(C)CN(c2ccccc2)c2cc(N(C)C)c(OS(=O)(=O)C(F)(F)F)cc2S(O)(O)N1Cc1ccc(OC)cc1. The van der Waals surface area contributed by atoms with Gasteiger partial charge in [-0.2, -0.15) is 25.9 Å². The molecule has 1 aliphatic rings. The van der Waals surface area contributed by atoms with Gasteiger partial charge in [0, 0.05) is 38.9 Å². The number of anilines is 3. The molecular formula is C30H38F3N3O6S2. The van der Waals surface area contributed by atoms with Gasteiger partial charge < -0.3 is 18.7 Å². The van der Waals surface area contributed by atoms with Crippen LogP contribution >= 0.6 is 10.8 Å². The van der Waals surface area contributed by atoms with Crippen LogP contribution in [0.2, 0.25) is 0 Å². The number of methoxy groups -OCH3 is 1. The van der Waals surface area contributed by atoms with E-state index in [1.807, 2.05) is 49.1 Å². The lowest BCUT2D eigenvalue weighted by Crippen LogP contribution is -2.51. The Kier molecular flexibility index (Phi) is 9.71. The van der Waals surface area contributed by atoms with Crippen LogP contribution in [-0.2, 0) is 16.7 Å². The molecule has 1 atom stereocenters. The van der Waals surface area contributed by atoms with Crippen LogP contribution in [-0.4, -0.2) is 60.6 Å². The molecule has 3 aromatic carbocycles. The molecule has 14 heteroatoms. The quantitative estimate of drug-likeness (QED) is 0.168. The number of unbranched alkanes of at least 4 members (excludes halogenated alkanes) is 1. The fraction of sp³-hybridized carbons (Fsp3) is 0.400. The van der Waals surface area contributed by atoms with Crippen LogP contribution in [0, 0.1) is 0 Å². The Morgan fingerprint density at radius 3 is 2.23 bits per heavy atom.